The van der Waals surface area contributed by atoms with E-state index in [9.17, 15) is 0 Å². The standard InChI is InChI=1S/C15H12N4S.C9H7BrN4S/c1-9-8-17-14-13(16)18-11-7-12(20-15(11)19(9)14)10-5-3-2-4-6-10;1-4-3-12-8-7(11)13-5-2-6(10)15-9(5)14(4)8/h2-8H,1H3,(H2,16,18);2-3H,1H3,(H2,11,13). The molecule has 0 aliphatic rings. The topological polar surface area (TPSA) is 112 Å². The number of nitrogens with two attached hydrogens (primary N) is 2. The second-order valence-electron chi connectivity index (χ2n) is 8.02. The van der Waals surface area contributed by atoms with E-state index < -0.39 is 0 Å². The maximum Gasteiger partial charge on any atom is 0.181 e. The Morgan fingerprint density at radius 1 is 0.771 bits per heavy atom. The molecular weight excluding hydrogens is 544 g/mol. The van der Waals surface area contributed by atoms with Crippen molar-refractivity contribution in [2.24, 2.45) is 0 Å². The van der Waals surface area contributed by atoms with Crippen LogP contribution in [0.4, 0.5) is 11.6 Å². The molecule has 6 aromatic heterocycles. The molecule has 4 N–H and O–H groups in total. The van der Waals surface area contributed by atoms with Crippen LogP contribution in [0.3, 0.4) is 0 Å². The van der Waals surface area contributed by atoms with E-state index in [4.69, 9.17) is 11.5 Å². The quantitative estimate of drug-likeness (QED) is 0.250. The lowest BCUT2D eigenvalue weighted by atomic mass is 10.2. The summed E-state index contributed by atoms with van der Waals surface area (Å²) >= 11 is 6.79. The predicted octanol–water partition coefficient (Wildman–Crippen LogP) is 6.10. The van der Waals surface area contributed by atoms with Gasteiger partial charge in [-0.2, -0.15) is 0 Å². The number of fused-ring (bicyclic) bond motifs is 6. The zero-order valence-electron chi connectivity index (χ0n) is 18.7. The Labute approximate surface area is 216 Å². The SMILES string of the molecule is Cc1cnc2c(N)nc3cc(-c4ccccc4)sc3n12.Cc1cnc2c(N)nc3cc(Br)sc3n12. The van der Waals surface area contributed by atoms with Crippen LogP contribution in [0, 0.1) is 13.8 Å². The molecule has 7 aromatic rings. The number of rotatable bonds is 1. The van der Waals surface area contributed by atoms with E-state index in [0.717, 1.165) is 47.2 Å². The van der Waals surface area contributed by atoms with Crippen LogP contribution in [0.25, 0.3) is 42.4 Å². The third-order valence-electron chi connectivity index (χ3n) is 5.64. The van der Waals surface area contributed by atoms with Crippen LogP contribution in [0.15, 0.2) is 58.6 Å². The van der Waals surface area contributed by atoms with Crippen molar-refractivity contribution in [1.82, 2.24) is 28.7 Å². The highest BCUT2D eigenvalue weighted by Gasteiger charge is 2.14. The molecule has 0 aliphatic carbocycles. The molecule has 0 radical (unpaired) electrons. The lowest BCUT2D eigenvalue weighted by Crippen LogP contribution is -1.97. The molecular formula is C24H19BrN8S2. The zero-order chi connectivity index (χ0) is 24.3. The van der Waals surface area contributed by atoms with Crippen LogP contribution < -0.4 is 11.5 Å². The summed E-state index contributed by atoms with van der Waals surface area (Å²) in [6, 6.07) is 14.4. The van der Waals surface area contributed by atoms with Crippen molar-refractivity contribution in [1.29, 1.82) is 0 Å². The average Bonchev–Trinajstić information content (AvgIpc) is 3.60. The molecule has 8 nitrogen and oxygen atoms in total. The molecule has 0 amide bonds. The minimum absolute atomic E-state index is 0.473. The van der Waals surface area contributed by atoms with Gasteiger partial charge in [-0.1, -0.05) is 30.3 Å². The molecule has 0 fully saturated rings. The first kappa shape index (κ1) is 22.0. The van der Waals surface area contributed by atoms with E-state index in [1.807, 2.05) is 48.7 Å². The van der Waals surface area contributed by atoms with Crippen molar-refractivity contribution >= 4 is 82.2 Å². The number of aromatic nitrogens is 6. The van der Waals surface area contributed by atoms with Crippen LogP contribution in [0.2, 0.25) is 0 Å². The lowest BCUT2D eigenvalue weighted by molar-refractivity contribution is 1.16. The van der Waals surface area contributed by atoms with Gasteiger partial charge in [-0.25, -0.2) is 19.9 Å². The van der Waals surface area contributed by atoms with Crippen LogP contribution in [0.5, 0.6) is 0 Å². The summed E-state index contributed by atoms with van der Waals surface area (Å²) in [5.74, 6) is 0.948. The van der Waals surface area contributed by atoms with Crippen molar-refractivity contribution in [3.63, 3.8) is 0 Å². The fourth-order valence-corrected chi connectivity index (χ4v) is 6.77. The summed E-state index contributed by atoms with van der Waals surface area (Å²) in [4.78, 5) is 20.7. The van der Waals surface area contributed by atoms with Gasteiger partial charge in [0.05, 0.1) is 3.79 Å². The first-order valence-electron chi connectivity index (χ1n) is 10.7. The van der Waals surface area contributed by atoms with Crippen molar-refractivity contribution < 1.29 is 0 Å². The van der Waals surface area contributed by atoms with Crippen LogP contribution in [-0.4, -0.2) is 28.7 Å². The monoisotopic (exact) mass is 562 g/mol. The van der Waals surface area contributed by atoms with Gasteiger partial charge in [0.25, 0.3) is 0 Å². The van der Waals surface area contributed by atoms with E-state index in [-0.39, 0.29) is 0 Å². The predicted molar refractivity (Wildman–Crippen MR) is 148 cm³/mol. The Morgan fingerprint density at radius 2 is 1.31 bits per heavy atom. The number of halogens is 1. The van der Waals surface area contributed by atoms with Gasteiger partial charge in [0.2, 0.25) is 0 Å². The number of thiophene rings is 2. The number of imidazole rings is 2. The molecule has 0 aliphatic heterocycles. The molecule has 0 saturated heterocycles. The normalized spacial score (nSPS) is 11.5. The number of hydrogen-bond acceptors (Lipinski definition) is 8. The number of aryl methyl sites for hydroxylation is 2. The summed E-state index contributed by atoms with van der Waals surface area (Å²) in [6.45, 7) is 4.04. The Hall–Kier alpha value is -3.54. The third-order valence-corrected chi connectivity index (χ3v) is 8.41. The van der Waals surface area contributed by atoms with Gasteiger partial charge in [0.1, 0.15) is 20.7 Å². The second kappa shape index (κ2) is 8.29. The molecule has 6 heterocycles. The van der Waals surface area contributed by atoms with Crippen LogP contribution >= 0.6 is 38.6 Å². The molecule has 7 rings (SSSR count). The van der Waals surface area contributed by atoms with E-state index >= 15 is 0 Å². The van der Waals surface area contributed by atoms with E-state index in [0.29, 0.717) is 11.6 Å². The van der Waals surface area contributed by atoms with E-state index in [1.54, 1.807) is 28.9 Å². The maximum atomic E-state index is 5.99. The van der Waals surface area contributed by atoms with Crippen LogP contribution in [-0.2, 0) is 0 Å². The van der Waals surface area contributed by atoms with Crippen molar-refractivity contribution in [3.8, 4) is 10.4 Å². The van der Waals surface area contributed by atoms with E-state index in [1.165, 1.54) is 10.4 Å². The Kier molecular flexibility index (Phi) is 5.20. The molecule has 11 heteroatoms. The van der Waals surface area contributed by atoms with Gasteiger partial charge >= 0.3 is 0 Å². The lowest BCUT2D eigenvalue weighted by Gasteiger charge is -2.00. The molecule has 0 spiro atoms. The van der Waals surface area contributed by atoms with Crippen LogP contribution in [0.1, 0.15) is 11.4 Å². The summed E-state index contributed by atoms with van der Waals surface area (Å²) in [7, 11) is 0. The number of nitrogen functional groups attached to an aromatic ring is 2. The Bertz CT molecular complexity index is 1860. The number of nitrogens with zero attached hydrogens (tertiary/aromatic N) is 6. The van der Waals surface area contributed by atoms with Gasteiger partial charge in [0.15, 0.2) is 22.9 Å². The molecule has 0 saturated carbocycles. The van der Waals surface area contributed by atoms with Crippen molar-refractivity contribution in [2.75, 3.05) is 11.5 Å². The minimum Gasteiger partial charge on any atom is -0.381 e. The highest BCUT2D eigenvalue weighted by molar-refractivity contribution is 9.11. The van der Waals surface area contributed by atoms with Gasteiger partial charge in [-0.05, 0) is 47.5 Å². The largest absolute Gasteiger partial charge is 0.381 e. The number of benzene rings is 1. The average molecular weight is 564 g/mol. The summed E-state index contributed by atoms with van der Waals surface area (Å²) < 4.78 is 5.16. The fourth-order valence-electron chi connectivity index (χ4n) is 4.05. The molecule has 1 aromatic carbocycles. The van der Waals surface area contributed by atoms with Gasteiger partial charge in [0, 0.05) is 28.7 Å². The fraction of sp³-hybridized carbons (Fsp3) is 0.0833. The molecule has 0 unspecified atom stereocenters. The smallest absolute Gasteiger partial charge is 0.181 e. The summed E-state index contributed by atoms with van der Waals surface area (Å²) in [6.07, 6.45) is 3.63. The summed E-state index contributed by atoms with van der Waals surface area (Å²) in [5.41, 5.74) is 18.4. The summed E-state index contributed by atoms with van der Waals surface area (Å²) in [5, 5.41) is 0. The minimum atomic E-state index is 0.473. The van der Waals surface area contributed by atoms with Crippen molar-refractivity contribution in [2.45, 2.75) is 13.8 Å². The van der Waals surface area contributed by atoms with Gasteiger partial charge in [-0.3, -0.25) is 8.80 Å². The van der Waals surface area contributed by atoms with Gasteiger partial charge in [-0.15, -0.1) is 22.7 Å². The van der Waals surface area contributed by atoms with Crippen molar-refractivity contribution in [3.05, 3.63) is 70.0 Å². The first-order valence-corrected chi connectivity index (χ1v) is 13.1. The Morgan fingerprint density at radius 3 is 1.91 bits per heavy atom. The highest BCUT2D eigenvalue weighted by atomic mass is 79.9. The molecule has 174 valence electrons. The zero-order valence-corrected chi connectivity index (χ0v) is 21.9. The number of hydrogen-bond donors (Lipinski definition) is 2. The maximum absolute atomic E-state index is 5.99. The van der Waals surface area contributed by atoms with E-state index in [2.05, 4.69) is 58.5 Å². The Balaban J connectivity index is 0.000000136. The third kappa shape index (κ3) is 3.63. The number of anilines is 2. The first-order chi connectivity index (χ1) is 16.9. The van der Waals surface area contributed by atoms with Gasteiger partial charge < -0.3 is 11.5 Å². The molecule has 35 heavy (non-hydrogen) atoms. The molecule has 0 bridgehead atoms. The second-order valence-corrected chi connectivity index (χ2v) is 11.5. The molecule has 0 atom stereocenters. The highest BCUT2D eigenvalue weighted by Crippen LogP contribution is 2.34.